The molecule has 3 unspecified atom stereocenters. The molecule has 1 aromatic heterocycles. The van der Waals surface area contributed by atoms with Gasteiger partial charge < -0.3 is 14.4 Å². The third kappa shape index (κ3) is 4.93. The number of imidazole rings is 1. The molecule has 0 radical (unpaired) electrons. The van der Waals surface area contributed by atoms with Crippen LogP contribution in [0, 0.1) is 5.92 Å². The van der Waals surface area contributed by atoms with E-state index in [1.54, 1.807) is 12.4 Å². The first-order chi connectivity index (χ1) is 11.5. The summed E-state index contributed by atoms with van der Waals surface area (Å²) < 4.78 is 7.04. The number of aryl methyl sites for hydroxylation is 1. The van der Waals surface area contributed by atoms with E-state index < -0.39 is 6.04 Å². The van der Waals surface area contributed by atoms with Gasteiger partial charge in [0.15, 0.2) is 5.12 Å². The minimum absolute atomic E-state index is 0.0172. The summed E-state index contributed by atoms with van der Waals surface area (Å²) in [5, 5.41) is 12.4. The van der Waals surface area contributed by atoms with Gasteiger partial charge in [-0.1, -0.05) is 24.4 Å². The molecular weight excluding hydrogens is 330 g/mol. The van der Waals surface area contributed by atoms with Gasteiger partial charge in [-0.2, -0.15) is 0 Å². The average molecular weight is 353 g/mol. The number of nitrogens with one attached hydrogen (secondary N) is 1. The quantitative estimate of drug-likeness (QED) is 0.533. The van der Waals surface area contributed by atoms with Gasteiger partial charge in [0.1, 0.15) is 25.1 Å². The van der Waals surface area contributed by atoms with Crippen LogP contribution in [-0.4, -0.2) is 43.8 Å². The number of esters is 1. The third-order valence-electron chi connectivity index (χ3n) is 3.94. The van der Waals surface area contributed by atoms with Crippen LogP contribution in [0.2, 0.25) is 0 Å². The maximum absolute atomic E-state index is 12.2. The first kappa shape index (κ1) is 18.7. The van der Waals surface area contributed by atoms with Gasteiger partial charge in [0, 0.05) is 25.9 Å². The fraction of sp³-hybridized carbons (Fsp3) is 0.562. The Morgan fingerprint density at radius 2 is 2.42 bits per heavy atom. The van der Waals surface area contributed by atoms with Gasteiger partial charge in [-0.3, -0.25) is 14.9 Å². The Bertz CT molecular complexity index is 590. The van der Waals surface area contributed by atoms with E-state index in [2.05, 4.69) is 16.9 Å². The first-order valence-electron chi connectivity index (χ1n) is 7.86. The number of nitrogens with zero attached hydrogens (tertiary/aromatic N) is 2. The molecule has 2 heterocycles. The zero-order chi connectivity index (χ0) is 17.5. The van der Waals surface area contributed by atoms with Gasteiger partial charge >= 0.3 is 5.97 Å². The summed E-state index contributed by atoms with van der Waals surface area (Å²) in [4.78, 5) is 27.7. The van der Waals surface area contributed by atoms with Gasteiger partial charge in [0.2, 0.25) is 0 Å². The molecule has 1 aromatic rings. The summed E-state index contributed by atoms with van der Waals surface area (Å²) in [5.41, 5.74) is 0. The predicted octanol–water partition coefficient (Wildman–Crippen LogP) is 1.08. The Labute approximate surface area is 145 Å². The second-order valence-corrected chi connectivity index (χ2v) is 7.02. The first-order valence-corrected chi connectivity index (χ1v) is 8.74. The van der Waals surface area contributed by atoms with Gasteiger partial charge in [-0.05, 0) is 18.8 Å². The van der Waals surface area contributed by atoms with Crippen molar-refractivity contribution >= 4 is 22.8 Å². The van der Waals surface area contributed by atoms with Gasteiger partial charge in [0.05, 0.1) is 5.37 Å². The van der Waals surface area contributed by atoms with E-state index >= 15 is 0 Å². The molecule has 0 aliphatic carbocycles. The molecular formula is C16H23N3O4S. The van der Waals surface area contributed by atoms with E-state index in [0.717, 1.165) is 6.42 Å². The van der Waals surface area contributed by atoms with Crippen molar-refractivity contribution in [1.29, 1.82) is 0 Å². The maximum atomic E-state index is 12.2. The molecule has 1 fully saturated rings. The molecule has 2 rings (SSSR count). The Hall–Kier alpha value is -1.64. The smallest absolute Gasteiger partial charge is 0.323 e. The van der Waals surface area contributed by atoms with Crippen molar-refractivity contribution in [2.45, 2.75) is 44.3 Å². The fourth-order valence-corrected chi connectivity index (χ4v) is 3.83. The molecule has 0 amide bonds. The number of carbonyl (C=O) groups excluding carboxylic acids is 2. The number of aliphatic hydroxyl groups excluding tert-OH is 1. The van der Waals surface area contributed by atoms with Crippen molar-refractivity contribution in [3.8, 4) is 0 Å². The van der Waals surface area contributed by atoms with E-state index in [4.69, 9.17) is 4.74 Å². The Kier molecular flexibility index (Phi) is 7.01. The number of ether oxygens (including phenoxy) is 1. The fourth-order valence-electron chi connectivity index (χ4n) is 2.87. The van der Waals surface area contributed by atoms with Crippen LogP contribution in [0.3, 0.4) is 0 Å². The zero-order valence-electron chi connectivity index (χ0n) is 13.7. The predicted molar refractivity (Wildman–Crippen MR) is 91.0 cm³/mol. The Morgan fingerprint density at radius 3 is 3.08 bits per heavy atom. The zero-order valence-corrected chi connectivity index (χ0v) is 14.5. The van der Waals surface area contributed by atoms with Crippen LogP contribution in [0.1, 0.15) is 25.6 Å². The Balaban J connectivity index is 2.00. The molecule has 2 N–H and O–H groups in total. The summed E-state index contributed by atoms with van der Waals surface area (Å²) in [6.45, 7) is 5.75. The lowest BCUT2D eigenvalue weighted by Crippen LogP contribution is -2.39. The minimum atomic E-state index is -0.442. The molecule has 24 heavy (non-hydrogen) atoms. The molecule has 3 atom stereocenters. The minimum Gasteiger partial charge on any atom is -0.460 e. The normalized spacial score (nSPS) is 23.2. The van der Waals surface area contributed by atoms with Gasteiger partial charge in [0.25, 0.3) is 0 Å². The summed E-state index contributed by atoms with van der Waals surface area (Å²) in [6, 6.07) is -0.442. The van der Waals surface area contributed by atoms with Crippen molar-refractivity contribution in [3.63, 3.8) is 0 Å². The SMILES string of the molecule is C=CCOC(=O)C1NC(SC(C)=O)CC1CCn1ccnc1CO. The molecule has 1 saturated heterocycles. The molecule has 0 bridgehead atoms. The van der Waals surface area contributed by atoms with Crippen molar-refractivity contribution < 1.29 is 19.4 Å². The van der Waals surface area contributed by atoms with E-state index in [1.165, 1.54) is 24.8 Å². The van der Waals surface area contributed by atoms with Gasteiger partial charge in [-0.25, -0.2) is 4.98 Å². The lowest BCUT2D eigenvalue weighted by molar-refractivity contribution is -0.145. The second kappa shape index (κ2) is 9.00. The summed E-state index contributed by atoms with van der Waals surface area (Å²) in [6.07, 6.45) is 6.41. The molecule has 0 spiro atoms. The largest absolute Gasteiger partial charge is 0.460 e. The van der Waals surface area contributed by atoms with E-state index in [-0.39, 0.29) is 35.6 Å². The van der Waals surface area contributed by atoms with E-state index in [0.29, 0.717) is 18.8 Å². The lowest BCUT2D eigenvalue weighted by Gasteiger charge is -2.18. The number of aliphatic hydroxyl groups is 1. The topological polar surface area (TPSA) is 93.5 Å². The number of thioether (sulfide) groups is 1. The molecule has 0 saturated carbocycles. The second-order valence-electron chi connectivity index (χ2n) is 5.64. The number of aromatic nitrogens is 2. The van der Waals surface area contributed by atoms with Crippen LogP contribution in [-0.2, 0) is 27.5 Å². The van der Waals surface area contributed by atoms with Crippen LogP contribution >= 0.6 is 11.8 Å². The van der Waals surface area contributed by atoms with Crippen LogP contribution in [0.4, 0.5) is 0 Å². The molecule has 132 valence electrons. The number of carbonyl (C=O) groups is 2. The monoisotopic (exact) mass is 353 g/mol. The molecule has 1 aliphatic rings. The van der Waals surface area contributed by atoms with Crippen molar-refractivity contribution in [1.82, 2.24) is 14.9 Å². The maximum Gasteiger partial charge on any atom is 0.323 e. The highest BCUT2D eigenvalue weighted by Gasteiger charge is 2.39. The summed E-state index contributed by atoms with van der Waals surface area (Å²) in [5.74, 6) is 0.328. The highest BCUT2D eigenvalue weighted by Crippen LogP contribution is 2.31. The lowest BCUT2D eigenvalue weighted by atomic mass is 9.97. The van der Waals surface area contributed by atoms with Crippen LogP contribution in [0.5, 0.6) is 0 Å². The molecule has 1 aliphatic heterocycles. The van der Waals surface area contributed by atoms with Crippen molar-refractivity contribution in [2.75, 3.05) is 6.61 Å². The van der Waals surface area contributed by atoms with Crippen LogP contribution < -0.4 is 5.32 Å². The summed E-state index contributed by atoms with van der Waals surface area (Å²) in [7, 11) is 0. The van der Waals surface area contributed by atoms with Crippen molar-refractivity contribution in [2.24, 2.45) is 5.92 Å². The standard InChI is InChI=1S/C16H23N3O4S/c1-3-8-23-16(22)15-12(9-14(18-15)24-11(2)21)4-6-19-7-5-17-13(19)10-20/h3,5,7,12,14-15,18,20H,1,4,6,8-10H2,2H3. The van der Waals surface area contributed by atoms with Crippen molar-refractivity contribution in [3.05, 3.63) is 30.9 Å². The van der Waals surface area contributed by atoms with Crippen LogP contribution in [0.25, 0.3) is 0 Å². The Morgan fingerprint density at radius 1 is 1.62 bits per heavy atom. The van der Waals surface area contributed by atoms with E-state index in [9.17, 15) is 14.7 Å². The highest BCUT2D eigenvalue weighted by atomic mass is 32.2. The number of rotatable bonds is 8. The molecule has 8 heteroatoms. The third-order valence-corrected chi connectivity index (χ3v) is 4.89. The number of hydrogen-bond donors (Lipinski definition) is 2. The summed E-state index contributed by atoms with van der Waals surface area (Å²) >= 11 is 1.20. The molecule has 7 nitrogen and oxygen atoms in total. The average Bonchev–Trinajstić information content (AvgIpc) is 3.16. The van der Waals surface area contributed by atoms with Gasteiger partial charge in [-0.15, -0.1) is 0 Å². The van der Waals surface area contributed by atoms with Crippen LogP contribution in [0.15, 0.2) is 25.0 Å². The highest BCUT2D eigenvalue weighted by molar-refractivity contribution is 8.14. The number of hydrogen-bond acceptors (Lipinski definition) is 7. The van der Waals surface area contributed by atoms with E-state index in [1.807, 2.05) is 4.57 Å². The molecule has 0 aromatic carbocycles.